The molecule has 3 heterocycles. The van der Waals surface area contributed by atoms with Gasteiger partial charge in [-0.25, -0.2) is 0 Å². The molecule has 0 atom stereocenters. The predicted molar refractivity (Wildman–Crippen MR) is 91.4 cm³/mol. The highest BCUT2D eigenvalue weighted by Crippen LogP contribution is 2.32. The Morgan fingerprint density at radius 1 is 1.12 bits per heavy atom. The third-order valence-corrected chi connectivity index (χ3v) is 4.66. The van der Waals surface area contributed by atoms with Gasteiger partial charge in [-0.3, -0.25) is 9.78 Å². The first-order valence-corrected chi connectivity index (χ1v) is 8.32. The number of halogens is 3. The topological polar surface area (TPSA) is 38.1 Å². The minimum Gasteiger partial charge on any atom is -0.341 e. The maximum atomic E-state index is 12.9. The quantitative estimate of drug-likeness (QED) is 0.710. The van der Waals surface area contributed by atoms with Gasteiger partial charge in [0.15, 0.2) is 0 Å². The molecule has 0 spiro atoms. The molecule has 134 valence electrons. The molecule has 3 aromatic rings. The number of nitrogens with zero attached hydrogens (tertiary/aromatic N) is 3. The van der Waals surface area contributed by atoms with Gasteiger partial charge in [-0.2, -0.15) is 13.2 Å². The van der Waals surface area contributed by atoms with E-state index < -0.39 is 11.7 Å². The van der Waals surface area contributed by atoms with Gasteiger partial charge in [-0.05, 0) is 36.2 Å². The molecule has 7 heteroatoms. The summed E-state index contributed by atoms with van der Waals surface area (Å²) in [4.78, 5) is 18.3. The number of likely N-dealkylation sites (tertiary alicyclic amines) is 1. The molecule has 1 amide bonds. The molecule has 0 unspecified atom stereocenters. The highest BCUT2D eigenvalue weighted by molar-refractivity contribution is 5.84. The smallest absolute Gasteiger partial charge is 0.341 e. The number of amides is 1. The number of carbonyl (C=O) groups is 1. The van der Waals surface area contributed by atoms with E-state index in [4.69, 9.17) is 0 Å². The largest absolute Gasteiger partial charge is 0.416 e. The van der Waals surface area contributed by atoms with E-state index in [1.54, 1.807) is 40.1 Å². The van der Waals surface area contributed by atoms with Crippen molar-refractivity contribution in [1.29, 1.82) is 0 Å². The second kappa shape index (κ2) is 6.16. The Balaban J connectivity index is 1.69. The van der Waals surface area contributed by atoms with E-state index in [0.29, 0.717) is 16.6 Å². The maximum Gasteiger partial charge on any atom is 0.416 e. The molecule has 1 aliphatic heterocycles. The monoisotopic (exact) mass is 359 g/mol. The predicted octanol–water partition coefficient (Wildman–Crippen LogP) is 3.95. The number of rotatable bonds is 3. The molecule has 1 aromatic carbocycles. The van der Waals surface area contributed by atoms with Crippen LogP contribution in [0.3, 0.4) is 0 Å². The number of fused-ring (bicyclic) bond motifs is 1. The Morgan fingerprint density at radius 3 is 2.62 bits per heavy atom. The Bertz CT molecular complexity index is 974. The van der Waals surface area contributed by atoms with Crippen molar-refractivity contribution >= 4 is 16.9 Å². The van der Waals surface area contributed by atoms with Gasteiger partial charge in [0.05, 0.1) is 16.6 Å². The Kier molecular flexibility index (Phi) is 3.94. The molecule has 0 saturated carbocycles. The van der Waals surface area contributed by atoms with E-state index in [2.05, 4.69) is 4.98 Å². The summed E-state index contributed by atoms with van der Waals surface area (Å²) in [6, 6.07) is 8.74. The first-order chi connectivity index (χ1) is 12.4. The number of pyridine rings is 1. The van der Waals surface area contributed by atoms with Crippen LogP contribution in [0.5, 0.6) is 0 Å². The average Bonchev–Trinajstić information content (AvgIpc) is 2.95. The van der Waals surface area contributed by atoms with E-state index in [0.717, 1.165) is 37.2 Å². The van der Waals surface area contributed by atoms with Gasteiger partial charge in [-0.1, -0.05) is 12.1 Å². The number of hydrogen-bond acceptors (Lipinski definition) is 2. The molecule has 0 radical (unpaired) electrons. The zero-order chi connectivity index (χ0) is 18.3. The van der Waals surface area contributed by atoms with E-state index >= 15 is 0 Å². The summed E-state index contributed by atoms with van der Waals surface area (Å²) in [6.45, 7) is 1.77. The zero-order valence-corrected chi connectivity index (χ0v) is 13.8. The lowest BCUT2D eigenvalue weighted by Crippen LogP contribution is -2.43. The zero-order valence-electron chi connectivity index (χ0n) is 13.8. The van der Waals surface area contributed by atoms with Crippen LogP contribution >= 0.6 is 0 Å². The number of carbonyl (C=O) groups excluding carboxylic acids is 1. The third-order valence-electron chi connectivity index (χ3n) is 4.66. The number of benzene rings is 1. The van der Waals surface area contributed by atoms with Gasteiger partial charge < -0.3 is 9.47 Å². The normalized spacial score (nSPS) is 14.5. The number of alkyl halides is 3. The summed E-state index contributed by atoms with van der Waals surface area (Å²) in [6.07, 6.45) is -0.0263. The fraction of sp³-hybridized carbons (Fsp3) is 0.263. The van der Waals surface area contributed by atoms with Crippen molar-refractivity contribution in [2.45, 2.75) is 19.1 Å². The van der Waals surface area contributed by atoms with Crippen molar-refractivity contribution in [3.63, 3.8) is 0 Å². The summed E-state index contributed by atoms with van der Waals surface area (Å²) in [5.74, 6) is 0.0400. The molecule has 1 saturated heterocycles. The molecule has 0 N–H and O–H groups in total. The summed E-state index contributed by atoms with van der Waals surface area (Å²) >= 11 is 0. The van der Waals surface area contributed by atoms with Crippen molar-refractivity contribution in [3.05, 3.63) is 54.4 Å². The lowest BCUT2D eigenvalue weighted by atomic mass is 10.0. The van der Waals surface area contributed by atoms with Crippen LogP contribution in [0.1, 0.15) is 12.0 Å². The molecule has 1 aliphatic rings. The van der Waals surface area contributed by atoms with Crippen LogP contribution in [0, 0.1) is 0 Å². The second-order valence-electron chi connectivity index (χ2n) is 6.38. The molecule has 2 aromatic heterocycles. The molecule has 0 bridgehead atoms. The maximum absolute atomic E-state index is 12.9. The summed E-state index contributed by atoms with van der Waals surface area (Å²) in [5, 5.41) is 0. The lowest BCUT2D eigenvalue weighted by Gasteiger charge is -2.31. The second-order valence-corrected chi connectivity index (χ2v) is 6.38. The first kappa shape index (κ1) is 16.6. The van der Waals surface area contributed by atoms with Crippen LogP contribution in [0.15, 0.2) is 48.8 Å². The van der Waals surface area contributed by atoms with Gasteiger partial charge in [0.25, 0.3) is 0 Å². The van der Waals surface area contributed by atoms with E-state index in [9.17, 15) is 18.0 Å². The molecule has 26 heavy (non-hydrogen) atoms. The van der Waals surface area contributed by atoms with Crippen LogP contribution in [0.4, 0.5) is 13.2 Å². The van der Waals surface area contributed by atoms with Crippen LogP contribution in [0.25, 0.3) is 22.2 Å². The summed E-state index contributed by atoms with van der Waals surface area (Å²) in [5.41, 5.74) is 1.76. The van der Waals surface area contributed by atoms with Crippen LogP contribution < -0.4 is 0 Å². The van der Waals surface area contributed by atoms with Crippen LogP contribution in [-0.2, 0) is 17.5 Å². The van der Waals surface area contributed by atoms with Crippen LogP contribution in [0.2, 0.25) is 0 Å². The SMILES string of the molecule is O=C(Cn1ccc2ncc(-c3cccc(C(F)(F)F)c3)cc21)N1CCC1. The molecular formula is C19H16F3N3O. The van der Waals surface area contributed by atoms with Gasteiger partial charge in [0, 0.05) is 31.0 Å². The van der Waals surface area contributed by atoms with Gasteiger partial charge in [0.2, 0.25) is 5.91 Å². The fourth-order valence-electron chi connectivity index (χ4n) is 3.05. The van der Waals surface area contributed by atoms with Crippen molar-refractivity contribution in [2.75, 3.05) is 13.1 Å². The number of aromatic nitrogens is 2. The molecule has 1 fully saturated rings. The van der Waals surface area contributed by atoms with Gasteiger partial charge in [-0.15, -0.1) is 0 Å². The minimum atomic E-state index is -4.39. The van der Waals surface area contributed by atoms with E-state index in [1.807, 2.05) is 0 Å². The van der Waals surface area contributed by atoms with Gasteiger partial charge >= 0.3 is 6.18 Å². The van der Waals surface area contributed by atoms with Gasteiger partial charge in [0.1, 0.15) is 6.54 Å². The molecule has 0 aliphatic carbocycles. The highest BCUT2D eigenvalue weighted by atomic mass is 19.4. The highest BCUT2D eigenvalue weighted by Gasteiger charge is 2.30. The van der Waals surface area contributed by atoms with Crippen molar-refractivity contribution in [1.82, 2.24) is 14.5 Å². The van der Waals surface area contributed by atoms with Crippen molar-refractivity contribution in [2.24, 2.45) is 0 Å². The van der Waals surface area contributed by atoms with Crippen LogP contribution in [-0.4, -0.2) is 33.4 Å². The van der Waals surface area contributed by atoms with E-state index in [1.165, 1.54) is 6.07 Å². The Hall–Kier alpha value is -2.83. The van der Waals surface area contributed by atoms with Crippen molar-refractivity contribution in [3.8, 4) is 11.1 Å². The van der Waals surface area contributed by atoms with E-state index in [-0.39, 0.29) is 12.5 Å². The Labute approximate surface area is 147 Å². The first-order valence-electron chi connectivity index (χ1n) is 8.32. The molecule has 4 nitrogen and oxygen atoms in total. The summed E-state index contributed by atoms with van der Waals surface area (Å²) in [7, 11) is 0. The van der Waals surface area contributed by atoms with Crippen molar-refractivity contribution < 1.29 is 18.0 Å². The minimum absolute atomic E-state index is 0.0400. The average molecular weight is 359 g/mol. The standard InChI is InChI=1S/C19H16F3N3O/c20-19(21,22)15-4-1-3-13(9-15)14-10-17-16(23-11-14)5-8-25(17)12-18(26)24-6-2-7-24/h1,3-5,8-11H,2,6-7,12H2. The Morgan fingerprint density at radius 2 is 1.92 bits per heavy atom. The summed E-state index contributed by atoms with van der Waals surface area (Å²) < 4.78 is 40.6. The third kappa shape index (κ3) is 3.05. The number of hydrogen-bond donors (Lipinski definition) is 0. The lowest BCUT2D eigenvalue weighted by molar-refractivity contribution is -0.137. The molecular weight excluding hydrogens is 343 g/mol. The fourth-order valence-corrected chi connectivity index (χ4v) is 3.05. The molecule has 4 rings (SSSR count).